The second-order valence-corrected chi connectivity index (χ2v) is 4.99. The van der Waals surface area contributed by atoms with Gasteiger partial charge >= 0.3 is 6.18 Å². The lowest BCUT2D eigenvalue weighted by molar-refractivity contribution is -0.127. The lowest BCUT2D eigenvalue weighted by Gasteiger charge is -2.09. The van der Waals surface area contributed by atoms with E-state index in [1.807, 2.05) is 29.5 Å². The van der Waals surface area contributed by atoms with Crippen molar-refractivity contribution in [2.45, 2.75) is 19.5 Å². The van der Waals surface area contributed by atoms with Crippen molar-refractivity contribution in [3.8, 4) is 0 Å². The molecule has 0 aliphatic heterocycles. The average molecular weight is 379 g/mol. The lowest BCUT2D eigenvalue weighted by Crippen LogP contribution is -2.11. The van der Waals surface area contributed by atoms with Crippen molar-refractivity contribution in [2.75, 3.05) is 0 Å². The van der Waals surface area contributed by atoms with Gasteiger partial charge in [-0.3, -0.25) is 0 Å². The maximum atomic E-state index is 12.1. The Morgan fingerprint density at radius 3 is 2.36 bits per heavy atom. The lowest BCUT2D eigenvalue weighted by atomic mass is 10.1. The Morgan fingerprint density at radius 2 is 1.93 bits per heavy atom. The Morgan fingerprint density at radius 1 is 1.36 bits per heavy atom. The number of benzene rings is 1. The maximum Gasteiger partial charge on any atom is 0.393 e. The van der Waals surface area contributed by atoms with Gasteiger partial charge in [-0.15, -0.1) is 0 Å². The molecule has 1 rings (SSSR count). The first-order valence-corrected chi connectivity index (χ1v) is 5.68. The van der Waals surface area contributed by atoms with Crippen LogP contribution in [0.25, 0.3) is 0 Å². The number of hydrogen-bond donors (Lipinski definition) is 0. The van der Waals surface area contributed by atoms with Crippen molar-refractivity contribution in [3.05, 3.63) is 31.3 Å². The molecular weight excluding hydrogens is 372 g/mol. The summed E-state index contributed by atoms with van der Waals surface area (Å²) in [5.74, 6) is 0. The summed E-state index contributed by atoms with van der Waals surface area (Å²) in [6.07, 6.45) is -5.01. The monoisotopic (exact) mass is 378 g/mol. The predicted octanol–water partition coefficient (Wildman–Crippen LogP) is 4.47. The molecule has 0 saturated heterocycles. The molecule has 0 atom stereocenters. The largest absolute Gasteiger partial charge is 0.393 e. The van der Waals surface area contributed by atoms with Gasteiger partial charge in [-0.1, -0.05) is 15.9 Å². The van der Waals surface area contributed by atoms with E-state index < -0.39 is 12.6 Å². The van der Waals surface area contributed by atoms with E-state index in [-0.39, 0.29) is 0 Å². The molecule has 0 bridgehead atoms. The zero-order valence-electron chi connectivity index (χ0n) is 7.25. The van der Waals surface area contributed by atoms with Crippen LogP contribution in [0.1, 0.15) is 11.1 Å². The summed E-state index contributed by atoms with van der Waals surface area (Å²) < 4.78 is 37.8. The van der Waals surface area contributed by atoms with Crippen LogP contribution >= 0.6 is 38.5 Å². The summed E-state index contributed by atoms with van der Waals surface area (Å²) >= 11 is 5.26. The number of halogens is 5. The Bertz CT molecular complexity index is 323. The molecule has 5 heteroatoms. The van der Waals surface area contributed by atoms with Gasteiger partial charge in [0.05, 0.1) is 6.42 Å². The quantitative estimate of drug-likeness (QED) is 0.632. The van der Waals surface area contributed by atoms with Crippen LogP contribution in [0.4, 0.5) is 13.2 Å². The van der Waals surface area contributed by atoms with E-state index in [0.29, 0.717) is 5.56 Å². The van der Waals surface area contributed by atoms with Gasteiger partial charge < -0.3 is 0 Å². The molecule has 1 aromatic rings. The molecule has 14 heavy (non-hydrogen) atoms. The first-order valence-electron chi connectivity index (χ1n) is 3.81. The second-order valence-electron chi connectivity index (χ2n) is 2.98. The fraction of sp³-hybridized carbons (Fsp3) is 0.333. The van der Waals surface area contributed by atoms with Crippen LogP contribution in [0.5, 0.6) is 0 Å². The fourth-order valence-corrected chi connectivity index (χ4v) is 2.60. The van der Waals surface area contributed by atoms with Crippen molar-refractivity contribution in [3.63, 3.8) is 0 Å². The molecule has 0 nitrogen and oxygen atoms in total. The zero-order valence-corrected chi connectivity index (χ0v) is 11.0. The zero-order chi connectivity index (χ0) is 10.9. The van der Waals surface area contributed by atoms with E-state index in [1.54, 1.807) is 6.07 Å². The molecule has 0 aliphatic carbocycles. The predicted molar refractivity (Wildman–Crippen MR) is 61.4 cm³/mol. The molecule has 0 aliphatic rings. The first-order chi connectivity index (χ1) is 6.29. The molecule has 0 fully saturated rings. The standard InChI is InChI=1S/C9H7BrF3I/c1-5-7(10)2-6(3-8(5)14)4-9(11,12)13/h2-3H,4H2,1H3. The van der Waals surface area contributed by atoms with E-state index in [2.05, 4.69) is 15.9 Å². The van der Waals surface area contributed by atoms with E-state index in [9.17, 15) is 13.2 Å². The normalized spacial score (nSPS) is 11.9. The molecule has 0 amide bonds. The molecule has 0 saturated carbocycles. The van der Waals surface area contributed by atoms with Gasteiger partial charge in [-0.05, 0) is 52.8 Å². The minimum Gasteiger partial charge on any atom is -0.171 e. The van der Waals surface area contributed by atoms with Gasteiger partial charge in [0.1, 0.15) is 0 Å². The minimum absolute atomic E-state index is 0.291. The van der Waals surface area contributed by atoms with Gasteiger partial charge in [-0.25, -0.2) is 0 Å². The van der Waals surface area contributed by atoms with E-state index in [0.717, 1.165) is 13.6 Å². The summed E-state index contributed by atoms with van der Waals surface area (Å²) in [5.41, 5.74) is 1.26. The van der Waals surface area contributed by atoms with Crippen LogP contribution in [0.15, 0.2) is 16.6 Å². The smallest absolute Gasteiger partial charge is 0.171 e. The van der Waals surface area contributed by atoms with Gasteiger partial charge in [-0.2, -0.15) is 13.2 Å². The Kier molecular flexibility index (Phi) is 3.85. The van der Waals surface area contributed by atoms with Crippen molar-refractivity contribution in [1.82, 2.24) is 0 Å². The van der Waals surface area contributed by atoms with Crippen molar-refractivity contribution < 1.29 is 13.2 Å². The highest BCUT2D eigenvalue weighted by Gasteiger charge is 2.27. The van der Waals surface area contributed by atoms with Crippen molar-refractivity contribution in [1.29, 1.82) is 0 Å². The van der Waals surface area contributed by atoms with Crippen LogP contribution in [-0.2, 0) is 6.42 Å². The van der Waals surface area contributed by atoms with Crippen LogP contribution < -0.4 is 0 Å². The number of rotatable bonds is 1. The van der Waals surface area contributed by atoms with Crippen LogP contribution in [0.2, 0.25) is 0 Å². The van der Waals surface area contributed by atoms with Crippen molar-refractivity contribution >= 4 is 38.5 Å². The SMILES string of the molecule is Cc1c(Br)cc(CC(F)(F)F)cc1I. The Hall–Kier alpha value is 0.220. The van der Waals surface area contributed by atoms with E-state index in [1.165, 1.54) is 6.07 Å². The molecule has 1 aromatic carbocycles. The molecule has 0 spiro atoms. The average Bonchev–Trinajstić information content (AvgIpc) is 1.96. The maximum absolute atomic E-state index is 12.1. The van der Waals surface area contributed by atoms with Crippen LogP contribution in [0, 0.1) is 10.5 Å². The van der Waals surface area contributed by atoms with Gasteiger partial charge in [0.2, 0.25) is 0 Å². The van der Waals surface area contributed by atoms with E-state index in [4.69, 9.17) is 0 Å². The molecule has 0 N–H and O–H groups in total. The molecule has 0 heterocycles. The third kappa shape index (κ3) is 3.42. The highest BCUT2D eigenvalue weighted by atomic mass is 127. The van der Waals surface area contributed by atoms with Gasteiger partial charge in [0.25, 0.3) is 0 Å². The summed E-state index contributed by atoms with van der Waals surface area (Å²) in [6.45, 7) is 1.86. The summed E-state index contributed by atoms with van der Waals surface area (Å²) in [5, 5.41) is 0. The van der Waals surface area contributed by atoms with Gasteiger partial charge in [0, 0.05) is 8.04 Å². The van der Waals surface area contributed by atoms with Crippen LogP contribution in [-0.4, -0.2) is 6.18 Å². The van der Waals surface area contributed by atoms with Crippen molar-refractivity contribution in [2.24, 2.45) is 0 Å². The molecule has 0 unspecified atom stereocenters. The Labute approximate surface area is 102 Å². The Balaban J connectivity index is 3.02. The molecule has 78 valence electrons. The summed E-state index contributed by atoms with van der Waals surface area (Å²) in [7, 11) is 0. The highest BCUT2D eigenvalue weighted by Crippen LogP contribution is 2.27. The van der Waals surface area contributed by atoms with E-state index >= 15 is 0 Å². The molecule has 0 aromatic heterocycles. The molecule has 0 radical (unpaired) electrons. The minimum atomic E-state index is -4.14. The third-order valence-electron chi connectivity index (χ3n) is 1.75. The topological polar surface area (TPSA) is 0 Å². The molecular formula is C9H7BrF3I. The fourth-order valence-electron chi connectivity index (χ4n) is 1.03. The summed E-state index contributed by atoms with van der Waals surface area (Å²) in [4.78, 5) is 0. The number of alkyl halides is 3. The highest BCUT2D eigenvalue weighted by molar-refractivity contribution is 14.1. The van der Waals surface area contributed by atoms with Gasteiger partial charge in [0.15, 0.2) is 0 Å². The first kappa shape index (κ1) is 12.3. The summed E-state index contributed by atoms with van der Waals surface area (Å²) in [6, 6.07) is 3.08. The number of hydrogen-bond acceptors (Lipinski definition) is 0. The third-order valence-corrected chi connectivity index (χ3v) is 3.69. The second kappa shape index (κ2) is 4.38. The van der Waals surface area contributed by atoms with Crippen LogP contribution in [0.3, 0.4) is 0 Å².